The van der Waals surface area contributed by atoms with Crippen molar-refractivity contribution >= 4 is 28.9 Å². The lowest BCUT2D eigenvalue weighted by Gasteiger charge is -2.18. The number of anilines is 2. The summed E-state index contributed by atoms with van der Waals surface area (Å²) in [5.41, 5.74) is 2.41. The number of nitro groups is 1. The Kier molecular flexibility index (Phi) is 4.74. The molecule has 8 nitrogen and oxygen atoms in total. The zero-order valence-electron chi connectivity index (χ0n) is 15.2. The Hall–Kier alpha value is -4.07. The van der Waals surface area contributed by atoms with E-state index in [0.29, 0.717) is 29.9 Å². The van der Waals surface area contributed by atoms with Gasteiger partial charge in [0.25, 0.3) is 17.5 Å². The lowest BCUT2D eigenvalue weighted by molar-refractivity contribution is -0.385. The third kappa shape index (κ3) is 3.55. The van der Waals surface area contributed by atoms with Crippen LogP contribution in [0.3, 0.4) is 0 Å². The Morgan fingerprint density at radius 3 is 2.59 bits per heavy atom. The van der Waals surface area contributed by atoms with E-state index in [-0.39, 0.29) is 17.2 Å². The highest BCUT2D eigenvalue weighted by molar-refractivity contribution is 6.09. The van der Waals surface area contributed by atoms with Gasteiger partial charge in [-0.2, -0.15) is 0 Å². The van der Waals surface area contributed by atoms with Crippen LogP contribution in [0.4, 0.5) is 17.1 Å². The molecule has 4 rings (SSSR count). The van der Waals surface area contributed by atoms with Crippen molar-refractivity contribution in [3.05, 3.63) is 93.8 Å². The van der Waals surface area contributed by atoms with Crippen LogP contribution in [0, 0.1) is 10.1 Å². The van der Waals surface area contributed by atoms with Crippen LogP contribution in [0.5, 0.6) is 0 Å². The van der Waals surface area contributed by atoms with Crippen LogP contribution in [0.15, 0.2) is 67.0 Å². The maximum absolute atomic E-state index is 12.8. The quantitative estimate of drug-likeness (QED) is 0.544. The van der Waals surface area contributed by atoms with Gasteiger partial charge in [-0.05, 0) is 42.3 Å². The van der Waals surface area contributed by atoms with Crippen molar-refractivity contribution in [3.8, 4) is 0 Å². The number of carbonyl (C=O) groups is 2. The third-order valence-corrected chi connectivity index (χ3v) is 4.76. The van der Waals surface area contributed by atoms with Gasteiger partial charge in [0.2, 0.25) is 0 Å². The Balaban J connectivity index is 1.60. The molecule has 0 saturated heterocycles. The second-order valence-corrected chi connectivity index (χ2v) is 6.51. The van der Waals surface area contributed by atoms with Crippen LogP contribution < -0.4 is 10.2 Å². The maximum Gasteiger partial charge on any atom is 0.282 e. The van der Waals surface area contributed by atoms with Gasteiger partial charge < -0.3 is 10.2 Å². The van der Waals surface area contributed by atoms with E-state index in [1.165, 1.54) is 18.2 Å². The molecule has 0 saturated carbocycles. The zero-order valence-corrected chi connectivity index (χ0v) is 15.2. The normalized spacial score (nSPS) is 12.3. The smallest absolute Gasteiger partial charge is 0.282 e. The van der Waals surface area contributed by atoms with Gasteiger partial charge in [0.15, 0.2) is 0 Å². The number of hydrogen-bond donors (Lipinski definition) is 1. The van der Waals surface area contributed by atoms with Crippen LogP contribution >= 0.6 is 0 Å². The van der Waals surface area contributed by atoms with E-state index in [1.807, 2.05) is 6.07 Å². The standard InChI is InChI=1S/C21H16N4O4/c26-20(17-3-1-2-4-18(17)25(28)29)23-16-6-5-14-9-12-24(19(14)13-16)21(27)15-7-10-22-11-8-15/h1-8,10-11,13H,9,12H2,(H,23,26). The van der Waals surface area contributed by atoms with E-state index in [1.54, 1.807) is 47.6 Å². The molecule has 1 aliphatic rings. The van der Waals surface area contributed by atoms with Gasteiger partial charge in [0.1, 0.15) is 5.56 Å². The minimum Gasteiger partial charge on any atom is -0.322 e. The lowest BCUT2D eigenvalue weighted by Crippen LogP contribution is -2.28. The van der Waals surface area contributed by atoms with Crippen LogP contribution in [0.1, 0.15) is 26.3 Å². The minimum atomic E-state index is -0.591. The molecule has 3 aromatic rings. The summed E-state index contributed by atoms with van der Waals surface area (Å²) in [6, 6.07) is 14.4. The molecule has 29 heavy (non-hydrogen) atoms. The molecule has 1 aliphatic heterocycles. The van der Waals surface area contributed by atoms with E-state index in [0.717, 1.165) is 5.56 Å². The number of amides is 2. The number of carbonyl (C=O) groups excluding carboxylic acids is 2. The maximum atomic E-state index is 12.8. The molecular formula is C21H16N4O4. The highest BCUT2D eigenvalue weighted by Crippen LogP contribution is 2.32. The summed E-state index contributed by atoms with van der Waals surface area (Å²) >= 11 is 0. The van der Waals surface area contributed by atoms with Gasteiger partial charge in [-0.3, -0.25) is 24.7 Å². The fourth-order valence-corrected chi connectivity index (χ4v) is 3.34. The van der Waals surface area contributed by atoms with E-state index >= 15 is 0 Å². The molecule has 2 aromatic carbocycles. The van der Waals surface area contributed by atoms with Gasteiger partial charge in [-0.15, -0.1) is 0 Å². The predicted molar refractivity (Wildman–Crippen MR) is 107 cm³/mol. The Morgan fingerprint density at radius 2 is 1.83 bits per heavy atom. The molecule has 144 valence electrons. The third-order valence-electron chi connectivity index (χ3n) is 4.76. The fourth-order valence-electron chi connectivity index (χ4n) is 3.34. The van der Waals surface area contributed by atoms with Gasteiger partial charge in [0.05, 0.1) is 4.92 Å². The zero-order chi connectivity index (χ0) is 20.4. The summed E-state index contributed by atoms with van der Waals surface area (Å²) in [7, 11) is 0. The van der Waals surface area contributed by atoms with E-state index in [4.69, 9.17) is 0 Å². The average Bonchev–Trinajstić information content (AvgIpc) is 3.17. The largest absolute Gasteiger partial charge is 0.322 e. The molecule has 0 fully saturated rings. The van der Waals surface area contributed by atoms with Crippen LogP contribution in [-0.4, -0.2) is 28.3 Å². The fraction of sp³-hybridized carbons (Fsp3) is 0.0952. The summed E-state index contributed by atoms with van der Waals surface area (Å²) in [6.07, 6.45) is 3.84. The number of rotatable bonds is 4. The van der Waals surface area contributed by atoms with Crippen molar-refractivity contribution in [1.82, 2.24) is 4.98 Å². The summed E-state index contributed by atoms with van der Waals surface area (Å²) in [4.78, 5) is 41.6. The van der Waals surface area contributed by atoms with E-state index < -0.39 is 10.8 Å². The molecule has 2 amide bonds. The summed E-state index contributed by atoms with van der Waals surface area (Å²) in [5, 5.41) is 13.9. The number of aromatic nitrogens is 1. The molecule has 0 atom stereocenters. The number of hydrogen-bond acceptors (Lipinski definition) is 5. The summed E-state index contributed by atoms with van der Waals surface area (Å²) in [6.45, 7) is 0.540. The molecule has 1 aromatic heterocycles. The van der Waals surface area contributed by atoms with Crippen molar-refractivity contribution in [2.45, 2.75) is 6.42 Å². The van der Waals surface area contributed by atoms with E-state index in [9.17, 15) is 19.7 Å². The molecular weight excluding hydrogens is 372 g/mol. The second-order valence-electron chi connectivity index (χ2n) is 6.51. The van der Waals surface area contributed by atoms with Crippen molar-refractivity contribution in [2.75, 3.05) is 16.8 Å². The van der Waals surface area contributed by atoms with Crippen molar-refractivity contribution < 1.29 is 14.5 Å². The van der Waals surface area contributed by atoms with Gasteiger partial charge in [-0.1, -0.05) is 18.2 Å². The molecule has 0 spiro atoms. The Morgan fingerprint density at radius 1 is 1.07 bits per heavy atom. The number of pyridine rings is 1. The van der Waals surface area contributed by atoms with Crippen molar-refractivity contribution in [3.63, 3.8) is 0 Å². The molecule has 2 heterocycles. The summed E-state index contributed by atoms with van der Waals surface area (Å²) < 4.78 is 0. The number of nitro benzene ring substituents is 1. The predicted octanol–water partition coefficient (Wildman–Crippen LogP) is 3.45. The second kappa shape index (κ2) is 7.51. The highest BCUT2D eigenvalue weighted by Gasteiger charge is 2.26. The van der Waals surface area contributed by atoms with Crippen LogP contribution in [-0.2, 0) is 6.42 Å². The summed E-state index contributed by atoms with van der Waals surface area (Å²) in [5.74, 6) is -0.726. The van der Waals surface area contributed by atoms with Gasteiger partial charge in [0, 0.05) is 41.9 Å². The molecule has 0 unspecified atom stereocenters. The highest BCUT2D eigenvalue weighted by atomic mass is 16.6. The van der Waals surface area contributed by atoms with E-state index in [2.05, 4.69) is 10.3 Å². The number of nitrogens with one attached hydrogen (secondary N) is 1. The molecule has 0 radical (unpaired) electrons. The first-order valence-electron chi connectivity index (χ1n) is 8.94. The average molecular weight is 388 g/mol. The van der Waals surface area contributed by atoms with Crippen molar-refractivity contribution in [1.29, 1.82) is 0 Å². The van der Waals surface area contributed by atoms with Gasteiger partial charge >= 0.3 is 0 Å². The first kappa shape index (κ1) is 18.3. The molecule has 1 N–H and O–H groups in total. The first-order chi connectivity index (χ1) is 14.0. The molecule has 8 heteroatoms. The Bertz CT molecular complexity index is 1110. The molecule has 0 bridgehead atoms. The minimum absolute atomic E-state index is 0.0253. The lowest BCUT2D eigenvalue weighted by atomic mass is 10.1. The van der Waals surface area contributed by atoms with Crippen molar-refractivity contribution in [2.24, 2.45) is 0 Å². The number of fused-ring (bicyclic) bond motifs is 1. The first-order valence-corrected chi connectivity index (χ1v) is 8.94. The monoisotopic (exact) mass is 388 g/mol. The number of benzene rings is 2. The molecule has 0 aliphatic carbocycles. The SMILES string of the molecule is O=C(Nc1ccc2c(c1)N(C(=O)c1ccncc1)CC2)c1ccccc1[N+](=O)[O-]. The Labute approximate surface area is 166 Å². The van der Waals surface area contributed by atoms with Crippen LogP contribution in [0.2, 0.25) is 0 Å². The number of para-hydroxylation sites is 1. The number of nitrogens with zero attached hydrogens (tertiary/aromatic N) is 3. The van der Waals surface area contributed by atoms with Crippen LogP contribution in [0.25, 0.3) is 0 Å². The topological polar surface area (TPSA) is 105 Å². The van der Waals surface area contributed by atoms with Gasteiger partial charge in [-0.25, -0.2) is 0 Å².